The Morgan fingerprint density at radius 3 is 2.47 bits per heavy atom. The molecule has 2 aromatic rings. The lowest BCUT2D eigenvalue weighted by Gasteiger charge is -2.27. The predicted molar refractivity (Wildman–Crippen MR) is 58.3 cm³/mol. The van der Waals surface area contributed by atoms with Crippen LogP contribution in [0, 0.1) is 0 Å². The fourth-order valence-corrected chi connectivity index (χ4v) is 1.90. The van der Waals surface area contributed by atoms with Gasteiger partial charge >= 0.3 is 6.18 Å². The van der Waals surface area contributed by atoms with Crippen LogP contribution in [0.3, 0.4) is 0 Å². The molecule has 0 amide bonds. The molecule has 1 fully saturated rings. The lowest BCUT2D eigenvalue weighted by Crippen LogP contribution is -2.25. The van der Waals surface area contributed by atoms with Crippen molar-refractivity contribution in [2.45, 2.75) is 12.1 Å². The van der Waals surface area contributed by atoms with Crippen LogP contribution in [0.2, 0.25) is 0 Å². The molecule has 0 radical (unpaired) electrons. The van der Waals surface area contributed by atoms with Crippen LogP contribution >= 0.6 is 0 Å². The zero-order valence-corrected chi connectivity index (χ0v) is 9.65. The van der Waals surface area contributed by atoms with Gasteiger partial charge in [-0.3, -0.25) is 0 Å². The quantitative estimate of drug-likeness (QED) is 0.841. The fraction of sp³-hybridized carbons (Fsp3) is 0.333. The highest BCUT2D eigenvalue weighted by Gasteiger charge is 2.33. The number of hydrogen-bond acceptors (Lipinski definition) is 4. The number of rotatable bonds is 2. The third kappa shape index (κ3) is 2.33. The summed E-state index contributed by atoms with van der Waals surface area (Å²) >= 11 is 0. The van der Waals surface area contributed by atoms with E-state index in [4.69, 9.17) is 9.15 Å². The van der Waals surface area contributed by atoms with Crippen LogP contribution in [0.25, 0.3) is 11.5 Å². The fourth-order valence-electron chi connectivity index (χ4n) is 1.90. The molecule has 100 valence electrons. The predicted octanol–water partition coefficient (Wildman–Crippen LogP) is 2.87. The van der Waals surface area contributed by atoms with Gasteiger partial charge in [0, 0.05) is 11.5 Å². The molecular weight excluding hydrogens is 261 g/mol. The normalized spacial score (nSPS) is 16.4. The van der Waals surface area contributed by atoms with Gasteiger partial charge in [0.15, 0.2) is 0 Å². The standard InChI is InChI=1S/C12H9F3N2O2/c13-12(14,15)10-2-7(9-4-18-5-9)1-8(3-10)11-17-16-6-19-11/h1-3,6,9H,4-5H2. The molecule has 19 heavy (non-hydrogen) atoms. The number of hydrogen-bond donors (Lipinski definition) is 0. The molecule has 0 atom stereocenters. The smallest absolute Gasteiger partial charge is 0.416 e. The highest BCUT2D eigenvalue weighted by molar-refractivity contribution is 5.56. The van der Waals surface area contributed by atoms with Crippen LogP contribution in [-0.2, 0) is 10.9 Å². The first-order chi connectivity index (χ1) is 9.04. The number of nitrogens with zero attached hydrogens (tertiary/aromatic N) is 2. The van der Waals surface area contributed by atoms with Gasteiger partial charge in [0.25, 0.3) is 0 Å². The first kappa shape index (κ1) is 12.2. The van der Waals surface area contributed by atoms with Gasteiger partial charge in [-0.1, -0.05) is 0 Å². The van der Waals surface area contributed by atoms with Crippen LogP contribution < -0.4 is 0 Å². The van der Waals surface area contributed by atoms with Crippen molar-refractivity contribution in [1.29, 1.82) is 0 Å². The number of benzene rings is 1. The summed E-state index contributed by atoms with van der Waals surface area (Å²) in [4.78, 5) is 0. The van der Waals surface area contributed by atoms with E-state index in [0.717, 1.165) is 18.5 Å². The van der Waals surface area contributed by atoms with Gasteiger partial charge in [-0.25, -0.2) is 0 Å². The first-order valence-electron chi connectivity index (χ1n) is 5.60. The van der Waals surface area contributed by atoms with E-state index in [9.17, 15) is 13.2 Å². The van der Waals surface area contributed by atoms with E-state index in [1.807, 2.05) is 0 Å². The molecule has 0 saturated carbocycles. The topological polar surface area (TPSA) is 48.2 Å². The van der Waals surface area contributed by atoms with Gasteiger partial charge < -0.3 is 9.15 Å². The molecule has 2 heterocycles. The minimum absolute atomic E-state index is 0.0102. The third-order valence-electron chi connectivity index (χ3n) is 3.00. The zero-order valence-electron chi connectivity index (χ0n) is 9.65. The average molecular weight is 270 g/mol. The third-order valence-corrected chi connectivity index (χ3v) is 3.00. The van der Waals surface area contributed by atoms with Crippen LogP contribution in [0.15, 0.2) is 29.0 Å². The summed E-state index contributed by atoms with van der Waals surface area (Å²) < 4.78 is 48.6. The van der Waals surface area contributed by atoms with Crippen molar-refractivity contribution in [3.05, 3.63) is 35.7 Å². The molecule has 1 aromatic carbocycles. The molecule has 0 bridgehead atoms. The Bertz CT molecular complexity index is 577. The molecule has 0 spiro atoms. The molecule has 7 heteroatoms. The van der Waals surface area contributed by atoms with Crippen LogP contribution in [0.4, 0.5) is 13.2 Å². The molecular formula is C12H9F3N2O2. The molecule has 0 unspecified atom stereocenters. The van der Waals surface area contributed by atoms with E-state index in [2.05, 4.69) is 10.2 Å². The lowest BCUT2D eigenvalue weighted by atomic mass is 9.93. The maximum Gasteiger partial charge on any atom is 0.416 e. The Labute approximate surface area is 106 Å². The summed E-state index contributed by atoms with van der Waals surface area (Å²) in [5.41, 5.74) is 0.133. The number of alkyl halides is 3. The highest BCUT2D eigenvalue weighted by atomic mass is 19.4. The monoisotopic (exact) mass is 270 g/mol. The summed E-state index contributed by atoms with van der Waals surface area (Å²) in [6.07, 6.45) is -3.32. The number of aromatic nitrogens is 2. The maximum absolute atomic E-state index is 12.9. The zero-order chi connectivity index (χ0) is 13.5. The molecule has 4 nitrogen and oxygen atoms in total. The summed E-state index contributed by atoms with van der Waals surface area (Å²) in [7, 11) is 0. The summed E-state index contributed by atoms with van der Waals surface area (Å²) in [5, 5.41) is 7.12. The molecule has 1 aliphatic heterocycles. The van der Waals surface area contributed by atoms with Crippen molar-refractivity contribution >= 4 is 0 Å². The van der Waals surface area contributed by atoms with E-state index in [1.54, 1.807) is 6.07 Å². The SMILES string of the molecule is FC(F)(F)c1cc(-c2nnco2)cc(C2COC2)c1. The summed E-state index contributed by atoms with van der Waals surface area (Å²) in [5.74, 6) is 0.0663. The molecule has 1 aliphatic rings. The second-order valence-electron chi connectivity index (χ2n) is 4.32. The molecule has 1 saturated heterocycles. The Morgan fingerprint density at radius 1 is 1.16 bits per heavy atom. The maximum atomic E-state index is 12.9. The van der Waals surface area contributed by atoms with E-state index in [1.165, 1.54) is 0 Å². The van der Waals surface area contributed by atoms with Crippen molar-refractivity contribution in [3.8, 4) is 11.5 Å². The Hall–Kier alpha value is -1.89. The minimum Gasteiger partial charge on any atom is -0.423 e. The van der Waals surface area contributed by atoms with E-state index in [0.29, 0.717) is 18.8 Å². The van der Waals surface area contributed by atoms with Crippen molar-refractivity contribution in [2.75, 3.05) is 13.2 Å². The van der Waals surface area contributed by atoms with Gasteiger partial charge in [0.1, 0.15) is 0 Å². The average Bonchev–Trinajstić information content (AvgIpc) is 2.78. The molecule has 3 rings (SSSR count). The van der Waals surface area contributed by atoms with Crippen LogP contribution in [0.5, 0.6) is 0 Å². The van der Waals surface area contributed by atoms with Gasteiger partial charge in [-0.2, -0.15) is 13.2 Å². The Morgan fingerprint density at radius 2 is 1.95 bits per heavy atom. The Balaban J connectivity index is 2.08. The van der Waals surface area contributed by atoms with Crippen molar-refractivity contribution in [1.82, 2.24) is 10.2 Å². The number of ether oxygens (including phenoxy) is 1. The van der Waals surface area contributed by atoms with E-state index >= 15 is 0 Å². The van der Waals surface area contributed by atoms with Crippen LogP contribution in [-0.4, -0.2) is 23.4 Å². The second kappa shape index (κ2) is 4.34. The molecule has 0 N–H and O–H groups in total. The number of halogens is 3. The van der Waals surface area contributed by atoms with Crippen molar-refractivity contribution in [2.24, 2.45) is 0 Å². The minimum atomic E-state index is -4.41. The van der Waals surface area contributed by atoms with E-state index in [-0.39, 0.29) is 17.4 Å². The van der Waals surface area contributed by atoms with Gasteiger partial charge in [-0.05, 0) is 23.8 Å². The second-order valence-corrected chi connectivity index (χ2v) is 4.32. The largest absolute Gasteiger partial charge is 0.423 e. The van der Waals surface area contributed by atoms with Gasteiger partial charge in [0.05, 0.1) is 18.8 Å². The van der Waals surface area contributed by atoms with Gasteiger partial charge in [-0.15, -0.1) is 10.2 Å². The summed E-state index contributed by atoms with van der Waals surface area (Å²) in [6, 6.07) is 3.79. The molecule has 1 aromatic heterocycles. The van der Waals surface area contributed by atoms with Crippen molar-refractivity contribution in [3.63, 3.8) is 0 Å². The van der Waals surface area contributed by atoms with E-state index < -0.39 is 11.7 Å². The highest BCUT2D eigenvalue weighted by Crippen LogP contribution is 2.36. The van der Waals surface area contributed by atoms with Gasteiger partial charge in [0.2, 0.25) is 12.3 Å². The van der Waals surface area contributed by atoms with Crippen molar-refractivity contribution < 1.29 is 22.3 Å². The summed E-state index contributed by atoms with van der Waals surface area (Å²) in [6.45, 7) is 0.870. The van der Waals surface area contributed by atoms with Crippen LogP contribution in [0.1, 0.15) is 17.0 Å². The Kier molecular flexibility index (Phi) is 2.78. The molecule has 0 aliphatic carbocycles. The lowest BCUT2D eigenvalue weighted by molar-refractivity contribution is -0.137. The first-order valence-corrected chi connectivity index (χ1v) is 5.60.